The number of sulfone groups is 1. The molecule has 24 heavy (non-hydrogen) atoms. The summed E-state index contributed by atoms with van der Waals surface area (Å²) in [6, 6.07) is 10.4. The predicted octanol–water partition coefficient (Wildman–Crippen LogP) is 2.53. The second kappa shape index (κ2) is 9.86. The average molecular weight is 483 g/mol. The van der Waals surface area contributed by atoms with Gasteiger partial charge in [0.15, 0.2) is 5.96 Å². The highest BCUT2D eigenvalue weighted by Gasteiger charge is 2.43. The number of nitrogens with zero attached hydrogens (tertiary/aromatic N) is 1. The lowest BCUT2D eigenvalue weighted by molar-refractivity contribution is 0.600. The summed E-state index contributed by atoms with van der Waals surface area (Å²) >= 11 is 1.89. The molecule has 0 amide bonds. The van der Waals surface area contributed by atoms with E-state index in [9.17, 15) is 8.42 Å². The van der Waals surface area contributed by atoms with Gasteiger partial charge < -0.3 is 10.6 Å². The zero-order valence-corrected chi connectivity index (χ0v) is 18.1. The predicted molar refractivity (Wildman–Crippen MR) is 113 cm³/mol. The first kappa shape index (κ1) is 21.6. The van der Waals surface area contributed by atoms with Crippen molar-refractivity contribution < 1.29 is 8.42 Å². The fourth-order valence-electron chi connectivity index (χ4n) is 2.09. The van der Waals surface area contributed by atoms with Crippen LogP contribution in [0.5, 0.6) is 0 Å². The standard InChI is InChI=1S/C16H25N3O2S2.HI/c1-3-17-15(18-11-12-23(2,20)21)19-13-16(9-10-16)22-14-7-5-4-6-8-14;/h4-8H,3,9-13H2,1-2H3,(H2,17,18,19);1H. The number of nitrogens with one attached hydrogen (secondary N) is 2. The molecule has 8 heteroatoms. The molecule has 2 rings (SSSR count). The normalized spacial score (nSPS) is 16.2. The van der Waals surface area contributed by atoms with Crippen molar-refractivity contribution in [3.63, 3.8) is 0 Å². The fraction of sp³-hybridized carbons (Fsp3) is 0.562. The maximum Gasteiger partial charge on any atom is 0.191 e. The van der Waals surface area contributed by atoms with Gasteiger partial charge in [-0.1, -0.05) is 18.2 Å². The molecule has 1 aliphatic carbocycles. The Bertz CT molecular complexity index is 632. The lowest BCUT2D eigenvalue weighted by atomic mass is 10.4. The number of hydrogen-bond acceptors (Lipinski definition) is 4. The molecule has 0 saturated heterocycles. The molecule has 2 N–H and O–H groups in total. The van der Waals surface area contributed by atoms with Crippen molar-refractivity contribution in [1.29, 1.82) is 0 Å². The number of halogens is 1. The first-order chi connectivity index (χ1) is 10.9. The van der Waals surface area contributed by atoms with Crippen LogP contribution >= 0.6 is 35.7 Å². The molecule has 0 bridgehead atoms. The van der Waals surface area contributed by atoms with Gasteiger partial charge in [-0.2, -0.15) is 0 Å². The van der Waals surface area contributed by atoms with Gasteiger partial charge in [0, 0.05) is 29.0 Å². The van der Waals surface area contributed by atoms with E-state index in [1.54, 1.807) is 0 Å². The fourth-order valence-corrected chi connectivity index (χ4v) is 3.79. The minimum Gasteiger partial charge on any atom is -0.357 e. The Morgan fingerprint density at radius 3 is 2.46 bits per heavy atom. The Balaban J connectivity index is 0.00000288. The Kier molecular flexibility index (Phi) is 8.86. The smallest absolute Gasteiger partial charge is 0.191 e. The van der Waals surface area contributed by atoms with E-state index < -0.39 is 9.84 Å². The second-order valence-corrected chi connectivity index (χ2v) is 9.65. The maximum absolute atomic E-state index is 11.2. The van der Waals surface area contributed by atoms with E-state index in [0.29, 0.717) is 12.5 Å². The first-order valence-corrected chi connectivity index (χ1v) is 10.7. The van der Waals surface area contributed by atoms with E-state index in [1.165, 1.54) is 24.0 Å². The monoisotopic (exact) mass is 483 g/mol. The van der Waals surface area contributed by atoms with Crippen molar-refractivity contribution in [2.24, 2.45) is 4.99 Å². The Hall–Kier alpha value is -0.480. The minimum absolute atomic E-state index is 0. The number of rotatable bonds is 8. The Morgan fingerprint density at radius 2 is 1.92 bits per heavy atom. The van der Waals surface area contributed by atoms with Gasteiger partial charge in [-0.25, -0.2) is 8.42 Å². The van der Waals surface area contributed by atoms with Crippen molar-refractivity contribution in [2.45, 2.75) is 29.4 Å². The summed E-state index contributed by atoms with van der Waals surface area (Å²) in [5.41, 5.74) is 0. The van der Waals surface area contributed by atoms with E-state index >= 15 is 0 Å². The van der Waals surface area contributed by atoms with Gasteiger partial charge >= 0.3 is 0 Å². The molecular weight excluding hydrogens is 457 g/mol. The van der Waals surface area contributed by atoms with Crippen LogP contribution in [0.1, 0.15) is 19.8 Å². The molecule has 1 aromatic carbocycles. The zero-order valence-electron chi connectivity index (χ0n) is 14.1. The second-order valence-electron chi connectivity index (χ2n) is 5.85. The maximum atomic E-state index is 11.2. The lowest BCUT2D eigenvalue weighted by Gasteiger charge is -2.15. The largest absolute Gasteiger partial charge is 0.357 e. The molecule has 1 aromatic rings. The minimum atomic E-state index is -2.96. The highest BCUT2D eigenvalue weighted by Crippen LogP contribution is 2.51. The summed E-state index contributed by atoms with van der Waals surface area (Å²) in [7, 11) is -2.96. The highest BCUT2D eigenvalue weighted by molar-refractivity contribution is 14.0. The zero-order chi connectivity index (χ0) is 16.8. The molecule has 0 spiro atoms. The molecule has 5 nitrogen and oxygen atoms in total. The van der Waals surface area contributed by atoms with Crippen molar-refractivity contribution in [3.05, 3.63) is 30.3 Å². The van der Waals surface area contributed by atoms with Crippen LogP contribution in [0.3, 0.4) is 0 Å². The number of benzene rings is 1. The summed E-state index contributed by atoms with van der Waals surface area (Å²) in [5.74, 6) is 0.803. The third kappa shape index (κ3) is 8.06. The van der Waals surface area contributed by atoms with Gasteiger partial charge in [-0.05, 0) is 31.9 Å². The third-order valence-corrected chi connectivity index (χ3v) is 5.94. The molecule has 1 fully saturated rings. The molecule has 0 aliphatic heterocycles. The quantitative estimate of drug-likeness (QED) is 0.338. The van der Waals surface area contributed by atoms with Gasteiger partial charge in [0.1, 0.15) is 9.84 Å². The van der Waals surface area contributed by atoms with Gasteiger partial charge in [-0.15, -0.1) is 35.7 Å². The van der Waals surface area contributed by atoms with E-state index in [0.717, 1.165) is 13.1 Å². The number of aliphatic imine (C=N–C) groups is 1. The van der Waals surface area contributed by atoms with Crippen molar-refractivity contribution in [3.8, 4) is 0 Å². The van der Waals surface area contributed by atoms with E-state index in [4.69, 9.17) is 0 Å². The van der Waals surface area contributed by atoms with Crippen molar-refractivity contribution in [2.75, 3.05) is 31.6 Å². The molecule has 1 saturated carbocycles. The van der Waals surface area contributed by atoms with Gasteiger partial charge in [-0.3, -0.25) is 4.99 Å². The summed E-state index contributed by atoms with van der Waals surface area (Å²) in [4.78, 5) is 5.92. The van der Waals surface area contributed by atoms with Crippen LogP contribution < -0.4 is 10.6 Å². The molecule has 0 radical (unpaired) electrons. The van der Waals surface area contributed by atoms with E-state index in [1.807, 2.05) is 24.8 Å². The van der Waals surface area contributed by atoms with E-state index in [2.05, 4.69) is 39.9 Å². The molecule has 136 valence electrons. The molecule has 0 unspecified atom stereocenters. The van der Waals surface area contributed by atoms with Crippen LogP contribution in [0.25, 0.3) is 0 Å². The van der Waals surface area contributed by atoms with Crippen LogP contribution in [0.4, 0.5) is 0 Å². The summed E-state index contributed by atoms with van der Waals surface area (Å²) < 4.78 is 22.6. The van der Waals surface area contributed by atoms with Crippen LogP contribution in [0, 0.1) is 0 Å². The third-order valence-electron chi connectivity index (χ3n) is 3.52. The Morgan fingerprint density at radius 1 is 1.25 bits per heavy atom. The topological polar surface area (TPSA) is 70.6 Å². The van der Waals surface area contributed by atoms with Gasteiger partial charge in [0.05, 0.1) is 12.3 Å². The van der Waals surface area contributed by atoms with Crippen LogP contribution in [-0.4, -0.2) is 50.8 Å². The van der Waals surface area contributed by atoms with Crippen molar-refractivity contribution >= 4 is 51.5 Å². The van der Waals surface area contributed by atoms with Crippen molar-refractivity contribution in [1.82, 2.24) is 10.6 Å². The molecule has 0 heterocycles. The van der Waals surface area contributed by atoms with Crippen LogP contribution in [0.15, 0.2) is 40.2 Å². The number of guanidine groups is 1. The summed E-state index contributed by atoms with van der Waals surface area (Å²) in [6.07, 6.45) is 3.58. The number of thioether (sulfide) groups is 1. The van der Waals surface area contributed by atoms with Crippen LogP contribution in [0.2, 0.25) is 0 Å². The average Bonchev–Trinajstić information content (AvgIpc) is 3.24. The Labute approximate surface area is 166 Å². The van der Waals surface area contributed by atoms with Crippen LogP contribution in [-0.2, 0) is 9.84 Å². The van der Waals surface area contributed by atoms with E-state index in [-0.39, 0.29) is 34.5 Å². The molecule has 0 aromatic heterocycles. The molecule has 0 atom stereocenters. The van der Waals surface area contributed by atoms with Gasteiger partial charge in [0.2, 0.25) is 0 Å². The van der Waals surface area contributed by atoms with Gasteiger partial charge in [0.25, 0.3) is 0 Å². The summed E-state index contributed by atoms with van der Waals surface area (Å²) in [5, 5.41) is 6.26. The molecular formula is C16H26IN3O2S2. The lowest BCUT2D eigenvalue weighted by Crippen LogP contribution is -2.40. The highest BCUT2D eigenvalue weighted by atomic mass is 127. The summed E-state index contributed by atoms with van der Waals surface area (Å²) in [6.45, 7) is 3.87. The molecule has 1 aliphatic rings. The SMILES string of the molecule is CCNC(=NCC1(Sc2ccccc2)CC1)NCCS(C)(=O)=O.I. The first-order valence-electron chi connectivity index (χ1n) is 7.86. The number of hydrogen-bond donors (Lipinski definition) is 2.